The zero-order chi connectivity index (χ0) is 20.3. The van der Waals surface area contributed by atoms with E-state index in [1.165, 1.54) is 11.3 Å². The molecule has 0 saturated carbocycles. The number of carbonyl (C=O) groups is 2. The Morgan fingerprint density at radius 2 is 2.07 bits per heavy atom. The van der Waals surface area contributed by atoms with E-state index in [1.54, 1.807) is 24.0 Å². The van der Waals surface area contributed by atoms with Gasteiger partial charge in [-0.1, -0.05) is 41.9 Å². The first kappa shape index (κ1) is 18.6. The molecule has 0 aliphatic carbocycles. The summed E-state index contributed by atoms with van der Waals surface area (Å²) in [7, 11) is 0. The molecule has 2 fully saturated rings. The van der Waals surface area contributed by atoms with Gasteiger partial charge in [0.05, 0.1) is 10.6 Å². The summed E-state index contributed by atoms with van der Waals surface area (Å²) >= 11 is 7.85. The maximum atomic E-state index is 14.5. The highest BCUT2D eigenvalue weighted by atomic mass is 35.5. The number of aryl methyl sites for hydroxylation is 1. The zero-order valence-corrected chi connectivity index (χ0v) is 17.3. The molecular weight excluding hydrogens is 411 g/mol. The van der Waals surface area contributed by atoms with Crippen LogP contribution in [-0.2, 0) is 4.79 Å². The topological polar surface area (TPSA) is 49.4 Å². The van der Waals surface area contributed by atoms with Gasteiger partial charge in [0.1, 0.15) is 10.7 Å². The summed E-state index contributed by atoms with van der Waals surface area (Å²) in [5.41, 5.74) is 1.62. The summed E-state index contributed by atoms with van der Waals surface area (Å²) in [6.45, 7) is 2.77. The number of fused-ring (bicyclic) bond motifs is 1. The van der Waals surface area contributed by atoms with Crippen molar-refractivity contribution in [2.45, 2.75) is 25.3 Å². The van der Waals surface area contributed by atoms with Crippen molar-refractivity contribution in [1.29, 1.82) is 0 Å². The Balaban J connectivity index is 1.45. The van der Waals surface area contributed by atoms with Crippen LogP contribution in [0.1, 0.15) is 28.1 Å². The molecule has 1 spiro atoms. The van der Waals surface area contributed by atoms with Crippen molar-refractivity contribution in [2.24, 2.45) is 0 Å². The van der Waals surface area contributed by atoms with Gasteiger partial charge in [0.2, 0.25) is 5.91 Å². The molecule has 3 aromatic rings. The lowest BCUT2D eigenvalue weighted by atomic mass is 9.88. The molecule has 2 amide bonds. The van der Waals surface area contributed by atoms with Crippen molar-refractivity contribution in [3.05, 3.63) is 57.7 Å². The number of hydrogen-bond acceptors (Lipinski definition) is 3. The van der Waals surface area contributed by atoms with E-state index in [0.29, 0.717) is 40.5 Å². The van der Waals surface area contributed by atoms with Gasteiger partial charge in [-0.15, -0.1) is 11.3 Å². The summed E-state index contributed by atoms with van der Waals surface area (Å²) in [6, 6.07) is 10.9. The molecule has 1 aromatic heterocycles. The Bertz CT molecular complexity index is 1180. The maximum absolute atomic E-state index is 14.5. The lowest BCUT2D eigenvalue weighted by molar-refractivity contribution is -0.120. The molecule has 1 N–H and O–H groups in total. The molecule has 0 unspecified atom stereocenters. The van der Waals surface area contributed by atoms with Crippen LogP contribution in [0.5, 0.6) is 0 Å². The van der Waals surface area contributed by atoms with Crippen molar-refractivity contribution in [2.75, 3.05) is 13.1 Å². The van der Waals surface area contributed by atoms with E-state index < -0.39 is 0 Å². The predicted octanol–water partition coefficient (Wildman–Crippen LogP) is 4.77. The maximum Gasteiger partial charge on any atom is 0.265 e. The fraction of sp³-hybridized carbons (Fsp3) is 0.273. The first-order valence-corrected chi connectivity index (χ1v) is 10.6. The van der Waals surface area contributed by atoms with E-state index in [1.807, 2.05) is 24.3 Å². The second-order valence-corrected chi connectivity index (χ2v) is 9.31. The van der Waals surface area contributed by atoms with Gasteiger partial charge in [0.25, 0.3) is 5.91 Å². The highest BCUT2D eigenvalue weighted by Crippen LogP contribution is 2.40. The first-order valence-electron chi connectivity index (χ1n) is 9.45. The van der Waals surface area contributed by atoms with Crippen molar-refractivity contribution in [3.63, 3.8) is 0 Å². The molecule has 2 aliphatic heterocycles. The number of thiophene rings is 1. The van der Waals surface area contributed by atoms with Crippen molar-refractivity contribution >= 4 is 44.8 Å². The van der Waals surface area contributed by atoms with Crippen LogP contribution >= 0.6 is 22.9 Å². The second-order valence-electron chi connectivity index (χ2n) is 7.88. The van der Waals surface area contributed by atoms with E-state index >= 15 is 0 Å². The molecule has 2 aromatic carbocycles. The van der Waals surface area contributed by atoms with Gasteiger partial charge >= 0.3 is 0 Å². The lowest BCUT2D eigenvalue weighted by Crippen LogP contribution is -2.68. The standard InChI is InChI=1S/C22H18ClFN2O2S/c1-12-3-2-4-14(19(12)24)13-5-6-15-16(9-13)29-20(18(15)23)21(28)26-10-22(11-26)8-7-17(27)25-22/h2-6,9H,7-8,10-11H2,1H3,(H,25,27). The Morgan fingerprint density at radius 1 is 1.28 bits per heavy atom. The first-order chi connectivity index (χ1) is 13.9. The molecule has 5 rings (SSSR count). The second kappa shape index (κ2) is 6.54. The van der Waals surface area contributed by atoms with Gasteiger partial charge in [-0.25, -0.2) is 4.39 Å². The normalized spacial score (nSPS) is 17.6. The van der Waals surface area contributed by atoms with E-state index in [0.717, 1.165) is 22.1 Å². The highest BCUT2D eigenvalue weighted by Gasteiger charge is 2.49. The average Bonchev–Trinajstić information content (AvgIpc) is 3.23. The highest BCUT2D eigenvalue weighted by molar-refractivity contribution is 7.21. The molecule has 7 heteroatoms. The number of halogens is 2. The van der Waals surface area contributed by atoms with Gasteiger partial charge in [-0.2, -0.15) is 0 Å². The summed E-state index contributed by atoms with van der Waals surface area (Å²) < 4.78 is 15.4. The van der Waals surface area contributed by atoms with Crippen LogP contribution in [0, 0.1) is 12.7 Å². The molecule has 0 radical (unpaired) electrons. The fourth-order valence-corrected chi connectivity index (χ4v) is 5.74. The quantitative estimate of drug-likeness (QED) is 0.639. The molecular formula is C22H18ClFN2O2S. The number of hydrogen-bond donors (Lipinski definition) is 1. The monoisotopic (exact) mass is 428 g/mol. The predicted molar refractivity (Wildman–Crippen MR) is 113 cm³/mol. The Labute approximate surface area is 176 Å². The van der Waals surface area contributed by atoms with Gasteiger partial charge in [-0.3, -0.25) is 9.59 Å². The molecule has 4 nitrogen and oxygen atoms in total. The summed E-state index contributed by atoms with van der Waals surface area (Å²) in [6.07, 6.45) is 1.28. The third-order valence-corrected chi connectivity index (χ3v) is 7.48. The zero-order valence-electron chi connectivity index (χ0n) is 15.7. The van der Waals surface area contributed by atoms with Gasteiger partial charge in [-0.05, 0) is 30.5 Å². The molecule has 148 valence electrons. The van der Waals surface area contributed by atoms with Crippen LogP contribution in [0.4, 0.5) is 4.39 Å². The molecule has 0 atom stereocenters. The number of carbonyl (C=O) groups excluding carboxylic acids is 2. The summed E-state index contributed by atoms with van der Waals surface area (Å²) in [4.78, 5) is 26.7. The molecule has 2 saturated heterocycles. The Hall–Kier alpha value is -2.44. The van der Waals surface area contributed by atoms with Crippen molar-refractivity contribution in [1.82, 2.24) is 10.2 Å². The number of rotatable bonds is 2. The molecule has 29 heavy (non-hydrogen) atoms. The van der Waals surface area contributed by atoms with E-state index in [9.17, 15) is 14.0 Å². The van der Waals surface area contributed by atoms with Crippen LogP contribution in [0.3, 0.4) is 0 Å². The van der Waals surface area contributed by atoms with Gasteiger partial charge < -0.3 is 10.2 Å². The third kappa shape index (κ3) is 2.93. The van der Waals surface area contributed by atoms with Crippen LogP contribution in [0.15, 0.2) is 36.4 Å². The largest absolute Gasteiger partial charge is 0.347 e. The molecule has 3 heterocycles. The SMILES string of the molecule is Cc1cccc(-c2ccc3c(Cl)c(C(=O)N4CC5(CCC(=O)N5)C4)sc3c2)c1F. The van der Waals surface area contributed by atoms with E-state index in [4.69, 9.17) is 11.6 Å². The summed E-state index contributed by atoms with van der Waals surface area (Å²) in [5.74, 6) is -0.311. The van der Waals surface area contributed by atoms with Crippen LogP contribution < -0.4 is 5.32 Å². The fourth-order valence-electron chi connectivity index (χ4n) is 4.22. The minimum Gasteiger partial charge on any atom is -0.347 e. The third-order valence-electron chi connectivity index (χ3n) is 5.84. The smallest absolute Gasteiger partial charge is 0.265 e. The Morgan fingerprint density at radius 3 is 2.79 bits per heavy atom. The van der Waals surface area contributed by atoms with Crippen LogP contribution in [-0.4, -0.2) is 35.3 Å². The van der Waals surface area contributed by atoms with Crippen molar-refractivity contribution in [3.8, 4) is 11.1 Å². The number of benzene rings is 2. The van der Waals surface area contributed by atoms with E-state index in [2.05, 4.69) is 5.32 Å². The van der Waals surface area contributed by atoms with Gasteiger partial charge in [0, 0.05) is 35.2 Å². The van der Waals surface area contributed by atoms with Crippen LogP contribution in [0.2, 0.25) is 5.02 Å². The summed E-state index contributed by atoms with van der Waals surface area (Å²) in [5, 5.41) is 4.21. The number of amides is 2. The minimum absolute atomic E-state index is 0.0490. The minimum atomic E-state index is -0.258. The number of nitrogens with one attached hydrogen (secondary N) is 1. The van der Waals surface area contributed by atoms with Crippen LogP contribution in [0.25, 0.3) is 21.2 Å². The average molecular weight is 429 g/mol. The number of likely N-dealkylation sites (tertiary alicyclic amines) is 1. The molecule has 0 bridgehead atoms. The van der Waals surface area contributed by atoms with E-state index in [-0.39, 0.29) is 23.2 Å². The lowest BCUT2D eigenvalue weighted by Gasteiger charge is -2.47. The van der Waals surface area contributed by atoms with Crippen molar-refractivity contribution < 1.29 is 14.0 Å². The Kier molecular flexibility index (Phi) is 4.19. The van der Waals surface area contributed by atoms with Gasteiger partial charge in [0.15, 0.2) is 0 Å². The number of nitrogens with zero attached hydrogens (tertiary/aromatic N) is 1. The molecule has 2 aliphatic rings.